The molecule has 2 aromatic rings. The Morgan fingerprint density at radius 3 is 2.62 bits per heavy atom. The summed E-state index contributed by atoms with van der Waals surface area (Å²) in [6.07, 6.45) is 0. The maximum absolute atomic E-state index is 12.1. The number of esters is 1. The fourth-order valence-corrected chi connectivity index (χ4v) is 2.53. The molecule has 0 spiro atoms. The molecule has 1 aromatic carbocycles. The lowest BCUT2D eigenvalue weighted by molar-refractivity contribution is 0.0522. The summed E-state index contributed by atoms with van der Waals surface area (Å²) >= 11 is 0. The van der Waals surface area contributed by atoms with Crippen molar-refractivity contribution in [1.82, 2.24) is 4.90 Å². The summed E-state index contributed by atoms with van der Waals surface area (Å²) in [5.41, 5.74) is 0.434. The molecule has 0 atom stereocenters. The van der Waals surface area contributed by atoms with Crippen molar-refractivity contribution in [2.45, 2.75) is 20.8 Å². The summed E-state index contributed by atoms with van der Waals surface area (Å²) in [6.45, 7) is 9.55. The Kier molecular flexibility index (Phi) is 6.37. The molecule has 0 saturated heterocycles. The lowest BCUT2D eigenvalue weighted by Gasteiger charge is -2.15. The van der Waals surface area contributed by atoms with E-state index in [1.807, 2.05) is 12.1 Å². The largest absolute Gasteiger partial charge is 0.480 e. The minimum atomic E-state index is -0.603. The molecule has 2 rings (SSSR count). The third-order valence-corrected chi connectivity index (χ3v) is 3.86. The Bertz CT molecular complexity index is 763. The summed E-state index contributed by atoms with van der Waals surface area (Å²) < 4.78 is 10.4. The number of carbonyl (C=O) groups is 1. The fraction of sp³-hybridized carbons (Fsp3) is 0.444. The number of furan rings is 1. The number of likely N-dealkylation sites (N-methyl/N-ethyl adjacent to an activating group) is 1. The van der Waals surface area contributed by atoms with Gasteiger partial charge in [0.15, 0.2) is 11.1 Å². The topological polar surface area (TPSA) is 75.3 Å². The van der Waals surface area contributed by atoms with Crippen molar-refractivity contribution in [3.8, 4) is 5.95 Å². The first kappa shape index (κ1) is 18.0. The Balaban J connectivity index is 2.45. The molecule has 0 bridgehead atoms. The summed E-state index contributed by atoms with van der Waals surface area (Å²) in [5, 5.41) is 11.1. The van der Waals surface area contributed by atoms with Crippen LogP contribution in [0.5, 0.6) is 5.95 Å². The van der Waals surface area contributed by atoms with E-state index in [2.05, 4.69) is 23.7 Å². The van der Waals surface area contributed by atoms with Gasteiger partial charge in [0.2, 0.25) is 0 Å². The van der Waals surface area contributed by atoms with Gasteiger partial charge >= 0.3 is 5.97 Å². The van der Waals surface area contributed by atoms with Gasteiger partial charge in [-0.2, -0.15) is 0 Å². The van der Waals surface area contributed by atoms with Crippen LogP contribution in [0.1, 0.15) is 31.1 Å². The molecule has 0 aliphatic heterocycles. The van der Waals surface area contributed by atoms with E-state index in [0.29, 0.717) is 22.9 Å². The van der Waals surface area contributed by atoms with Gasteiger partial charge in [0, 0.05) is 11.9 Å². The summed E-state index contributed by atoms with van der Waals surface area (Å²) in [7, 11) is 0. The van der Waals surface area contributed by atoms with Crippen molar-refractivity contribution in [2.75, 3.05) is 32.8 Å². The fourth-order valence-electron chi connectivity index (χ4n) is 2.53. The first-order chi connectivity index (χ1) is 11.6. The molecule has 0 radical (unpaired) electrons. The predicted molar refractivity (Wildman–Crippen MR) is 92.1 cm³/mol. The zero-order chi connectivity index (χ0) is 17.5. The van der Waals surface area contributed by atoms with Crippen LogP contribution in [0.15, 0.2) is 33.7 Å². The van der Waals surface area contributed by atoms with Crippen LogP contribution in [0.3, 0.4) is 0 Å². The molecule has 0 saturated carbocycles. The second kappa shape index (κ2) is 8.49. The SMILES string of the molecule is CCOC(=O)c1c(O)oc2c(=NCCN(CC)CC)ccccc12. The lowest BCUT2D eigenvalue weighted by Crippen LogP contribution is -2.26. The van der Waals surface area contributed by atoms with Gasteiger partial charge in [0.05, 0.1) is 13.2 Å². The van der Waals surface area contributed by atoms with Crippen LogP contribution >= 0.6 is 0 Å². The van der Waals surface area contributed by atoms with Gasteiger partial charge in [-0.25, -0.2) is 4.79 Å². The van der Waals surface area contributed by atoms with E-state index in [-0.39, 0.29) is 12.2 Å². The van der Waals surface area contributed by atoms with Crippen LogP contribution in [-0.4, -0.2) is 48.8 Å². The van der Waals surface area contributed by atoms with E-state index in [1.54, 1.807) is 19.1 Å². The van der Waals surface area contributed by atoms with Gasteiger partial charge in [-0.1, -0.05) is 32.0 Å². The molecule has 130 valence electrons. The second-order valence-electron chi connectivity index (χ2n) is 5.26. The van der Waals surface area contributed by atoms with Crippen LogP contribution in [0.25, 0.3) is 11.0 Å². The highest BCUT2D eigenvalue weighted by Gasteiger charge is 2.22. The normalized spacial score (nSPS) is 12.1. The van der Waals surface area contributed by atoms with Crippen LogP contribution in [0, 0.1) is 0 Å². The van der Waals surface area contributed by atoms with Gasteiger partial charge in [-0.3, -0.25) is 4.99 Å². The quantitative estimate of drug-likeness (QED) is 0.789. The van der Waals surface area contributed by atoms with Gasteiger partial charge < -0.3 is 19.2 Å². The molecule has 0 aliphatic rings. The Labute approximate surface area is 141 Å². The van der Waals surface area contributed by atoms with Crippen molar-refractivity contribution in [1.29, 1.82) is 0 Å². The molecule has 1 aromatic heterocycles. The molecule has 1 heterocycles. The third kappa shape index (κ3) is 3.94. The molecule has 1 N–H and O–H groups in total. The lowest BCUT2D eigenvalue weighted by atomic mass is 10.2. The second-order valence-corrected chi connectivity index (χ2v) is 5.26. The zero-order valence-electron chi connectivity index (χ0n) is 14.4. The van der Waals surface area contributed by atoms with E-state index >= 15 is 0 Å². The number of hydrogen-bond donors (Lipinski definition) is 1. The monoisotopic (exact) mass is 332 g/mol. The number of rotatable bonds is 7. The highest BCUT2D eigenvalue weighted by molar-refractivity contribution is 6.05. The average molecular weight is 332 g/mol. The van der Waals surface area contributed by atoms with E-state index < -0.39 is 11.9 Å². The first-order valence-corrected chi connectivity index (χ1v) is 8.27. The molecule has 0 aliphatic carbocycles. The maximum atomic E-state index is 12.1. The summed E-state index contributed by atoms with van der Waals surface area (Å²) in [6, 6.07) is 7.14. The third-order valence-electron chi connectivity index (χ3n) is 3.86. The molecule has 0 amide bonds. The highest BCUT2D eigenvalue weighted by atomic mass is 16.5. The van der Waals surface area contributed by atoms with E-state index in [1.165, 1.54) is 0 Å². The average Bonchev–Trinajstić information content (AvgIpc) is 2.78. The molecule has 6 heteroatoms. The van der Waals surface area contributed by atoms with Crippen LogP contribution in [0.4, 0.5) is 0 Å². The number of carbonyl (C=O) groups excluding carboxylic acids is 1. The number of fused-ring (bicyclic) bond motifs is 1. The number of aromatic hydroxyl groups is 1. The summed E-state index contributed by atoms with van der Waals surface area (Å²) in [5.74, 6) is -1.04. The minimum Gasteiger partial charge on any atom is -0.480 e. The van der Waals surface area contributed by atoms with Crippen LogP contribution in [-0.2, 0) is 4.74 Å². The van der Waals surface area contributed by atoms with Crippen LogP contribution < -0.4 is 5.36 Å². The summed E-state index contributed by atoms with van der Waals surface area (Å²) in [4.78, 5) is 18.9. The van der Waals surface area contributed by atoms with Crippen molar-refractivity contribution >= 4 is 16.9 Å². The van der Waals surface area contributed by atoms with Crippen molar-refractivity contribution < 1.29 is 19.1 Å². The molecular formula is C18H24N2O4. The minimum absolute atomic E-state index is 0.0447. The van der Waals surface area contributed by atoms with Gasteiger partial charge in [0.1, 0.15) is 5.36 Å². The Morgan fingerprint density at radius 1 is 1.25 bits per heavy atom. The van der Waals surface area contributed by atoms with E-state index in [0.717, 1.165) is 19.6 Å². The van der Waals surface area contributed by atoms with Crippen molar-refractivity contribution in [3.63, 3.8) is 0 Å². The van der Waals surface area contributed by atoms with Crippen molar-refractivity contribution in [2.24, 2.45) is 4.99 Å². The molecule has 6 nitrogen and oxygen atoms in total. The number of ether oxygens (including phenoxy) is 1. The van der Waals surface area contributed by atoms with Gasteiger partial charge in [0.25, 0.3) is 5.95 Å². The van der Waals surface area contributed by atoms with Crippen molar-refractivity contribution in [3.05, 3.63) is 35.2 Å². The Morgan fingerprint density at radius 2 is 1.96 bits per heavy atom. The molecule has 24 heavy (non-hydrogen) atoms. The molecule has 0 fully saturated rings. The van der Waals surface area contributed by atoms with E-state index in [9.17, 15) is 9.90 Å². The smallest absolute Gasteiger partial charge is 0.346 e. The van der Waals surface area contributed by atoms with E-state index in [4.69, 9.17) is 9.15 Å². The predicted octanol–water partition coefficient (Wildman–Crippen LogP) is 2.56. The first-order valence-electron chi connectivity index (χ1n) is 8.27. The maximum Gasteiger partial charge on any atom is 0.346 e. The highest BCUT2D eigenvalue weighted by Crippen LogP contribution is 2.29. The van der Waals surface area contributed by atoms with Crippen LogP contribution in [0.2, 0.25) is 0 Å². The number of nitrogens with zero attached hydrogens (tertiary/aromatic N) is 2. The standard InChI is InChI=1S/C18H24N2O4/c1-4-20(5-2)12-11-19-14-10-8-7-9-13-15(17(21)23-6-3)18(22)24-16(13)14/h7-10,22H,4-6,11-12H2,1-3H3. The molecular weight excluding hydrogens is 308 g/mol. The Hall–Kier alpha value is -2.34. The van der Waals surface area contributed by atoms with Gasteiger partial charge in [-0.15, -0.1) is 0 Å². The number of hydrogen-bond acceptors (Lipinski definition) is 6. The zero-order valence-corrected chi connectivity index (χ0v) is 14.4. The van der Waals surface area contributed by atoms with Gasteiger partial charge in [-0.05, 0) is 26.1 Å². The molecule has 0 unspecified atom stereocenters.